The van der Waals surface area contributed by atoms with Crippen LogP contribution in [0.25, 0.3) is 0 Å². The van der Waals surface area contributed by atoms with E-state index < -0.39 is 22.5 Å². The van der Waals surface area contributed by atoms with E-state index in [9.17, 15) is 13.2 Å². The van der Waals surface area contributed by atoms with Crippen LogP contribution >= 0.6 is 27.5 Å². The van der Waals surface area contributed by atoms with Crippen molar-refractivity contribution in [3.05, 3.63) is 99.0 Å². The van der Waals surface area contributed by atoms with E-state index in [-0.39, 0.29) is 11.4 Å². The summed E-state index contributed by atoms with van der Waals surface area (Å²) >= 11 is 9.29. The molecule has 0 bridgehead atoms. The van der Waals surface area contributed by atoms with Crippen LogP contribution in [0.15, 0.2) is 87.3 Å². The molecule has 0 atom stereocenters. The first-order valence-electron chi connectivity index (χ1n) is 9.63. The molecule has 0 fully saturated rings. The quantitative estimate of drug-likeness (QED) is 0.335. The lowest BCUT2D eigenvalue weighted by Gasteiger charge is -2.21. The van der Waals surface area contributed by atoms with E-state index in [1.807, 2.05) is 31.2 Å². The highest BCUT2D eigenvalue weighted by Crippen LogP contribution is 2.20. The average Bonchev–Trinajstić information content (AvgIpc) is 2.76. The maximum absolute atomic E-state index is 13.3. The largest absolute Gasteiger partial charge is 0.272 e. The molecule has 0 heterocycles. The molecular weight excluding hydrogens is 514 g/mol. The number of nitrogens with one attached hydrogen (secondary N) is 1. The van der Waals surface area contributed by atoms with Gasteiger partial charge in [0.2, 0.25) is 10.0 Å². The Labute approximate surface area is 201 Å². The van der Waals surface area contributed by atoms with Gasteiger partial charge in [-0.2, -0.15) is 9.41 Å². The van der Waals surface area contributed by atoms with Crippen molar-refractivity contribution in [1.29, 1.82) is 0 Å². The second kappa shape index (κ2) is 10.9. The lowest BCUT2D eigenvalue weighted by atomic mass is 10.2. The minimum absolute atomic E-state index is 0.0111. The van der Waals surface area contributed by atoms with Crippen LogP contribution < -0.4 is 5.43 Å². The zero-order chi connectivity index (χ0) is 23.1. The second-order valence-electron chi connectivity index (χ2n) is 7.06. The second-order valence-corrected chi connectivity index (χ2v) is 10.3. The molecule has 3 aromatic rings. The van der Waals surface area contributed by atoms with Crippen molar-refractivity contribution in [2.24, 2.45) is 5.10 Å². The number of hydrogen-bond acceptors (Lipinski definition) is 4. The summed E-state index contributed by atoms with van der Waals surface area (Å²) in [6.07, 6.45) is 1.49. The molecule has 9 heteroatoms. The molecule has 3 rings (SSSR count). The molecule has 0 saturated heterocycles. The number of rotatable bonds is 8. The number of halogens is 2. The van der Waals surface area contributed by atoms with Gasteiger partial charge in [0.25, 0.3) is 5.91 Å². The summed E-state index contributed by atoms with van der Waals surface area (Å²) in [7, 11) is -3.92. The minimum Gasteiger partial charge on any atom is -0.272 e. The molecule has 0 aromatic heterocycles. The van der Waals surface area contributed by atoms with Gasteiger partial charge in [0.05, 0.1) is 17.7 Å². The van der Waals surface area contributed by atoms with E-state index in [1.165, 1.54) is 18.3 Å². The predicted molar refractivity (Wildman–Crippen MR) is 130 cm³/mol. The van der Waals surface area contributed by atoms with Crippen LogP contribution in [0.3, 0.4) is 0 Å². The maximum atomic E-state index is 13.3. The third kappa shape index (κ3) is 6.74. The highest BCUT2D eigenvalue weighted by atomic mass is 79.9. The normalized spacial score (nSPS) is 11.8. The molecule has 1 amide bonds. The van der Waals surface area contributed by atoms with Gasteiger partial charge in [-0.1, -0.05) is 69.5 Å². The third-order valence-corrected chi connectivity index (χ3v) is 7.11. The number of aryl methyl sites for hydroxylation is 1. The maximum Gasteiger partial charge on any atom is 0.255 e. The summed E-state index contributed by atoms with van der Waals surface area (Å²) in [5.74, 6) is -0.553. The van der Waals surface area contributed by atoms with E-state index in [0.717, 1.165) is 19.9 Å². The van der Waals surface area contributed by atoms with Gasteiger partial charge in [-0.05, 0) is 54.4 Å². The van der Waals surface area contributed by atoms with E-state index in [4.69, 9.17) is 11.6 Å². The monoisotopic (exact) mass is 533 g/mol. The van der Waals surface area contributed by atoms with Crippen LogP contribution in [0, 0.1) is 6.92 Å². The van der Waals surface area contributed by atoms with Gasteiger partial charge in [-0.3, -0.25) is 4.79 Å². The summed E-state index contributed by atoms with van der Waals surface area (Å²) in [6.45, 7) is 1.49. The fourth-order valence-electron chi connectivity index (χ4n) is 2.80. The summed E-state index contributed by atoms with van der Waals surface area (Å²) in [5.41, 5.74) is 4.83. The topological polar surface area (TPSA) is 78.8 Å². The predicted octanol–water partition coefficient (Wildman–Crippen LogP) is 4.75. The average molecular weight is 535 g/mol. The standard InChI is InChI=1S/C23H21BrClN3O3S/c1-17-2-12-22(13-3-17)32(30,31)28(15-19-6-10-21(25)11-7-19)16-23(29)27-26-14-18-4-8-20(24)9-5-18/h2-14H,15-16H2,1H3,(H,27,29)/b26-14-. The molecular formula is C23H21BrClN3O3S. The Bertz CT molecular complexity index is 1200. The van der Waals surface area contributed by atoms with Crippen molar-refractivity contribution in [3.63, 3.8) is 0 Å². The molecule has 166 valence electrons. The molecule has 0 saturated carbocycles. The Kier molecular flexibility index (Phi) is 8.20. The Balaban J connectivity index is 1.78. The van der Waals surface area contributed by atoms with E-state index in [0.29, 0.717) is 10.6 Å². The Morgan fingerprint density at radius 3 is 2.28 bits per heavy atom. The summed E-state index contributed by atoms with van der Waals surface area (Å²) in [4.78, 5) is 12.6. The van der Waals surface area contributed by atoms with Gasteiger partial charge in [-0.15, -0.1) is 0 Å². The van der Waals surface area contributed by atoms with Crippen molar-refractivity contribution in [1.82, 2.24) is 9.73 Å². The third-order valence-electron chi connectivity index (χ3n) is 4.52. The molecule has 0 unspecified atom stereocenters. The zero-order valence-electron chi connectivity index (χ0n) is 17.2. The number of hydrazone groups is 1. The smallest absolute Gasteiger partial charge is 0.255 e. The fraction of sp³-hybridized carbons (Fsp3) is 0.130. The van der Waals surface area contributed by atoms with Gasteiger partial charge in [0.1, 0.15) is 0 Å². The summed E-state index contributed by atoms with van der Waals surface area (Å²) in [6, 6.07) is 20.7. The highest BCUT2D eigenvalue weighted by molar-refractivity contribution is 9.10. The number of benzene rings is 3. The molecule has 3 aromatic carbocycles. The Morgan fingerprint density at radius 2 is 1.66 bits per heavy atom. The van der Waals surface area contributed by atoms with Crippen LogP contribution in [0.4, 0.5) is 0 Å². The van der Waals surface area contributed by atoms with Crippen molar-refractivity contribution in [2.45, 2.75) is 18.4 Å². The SMILES string of the molecule is Cc1ccc(S(=O)(=O)N(CC(=O)N/N=C\c2ccc(Br)cc2)Cc2ccc(Cl)cc2)cc1. The number of hydrogen-bond donors (Lipinski definition) is 1. The van der Waals surface area contributed by atoms with Crippen molar-refractivity contribution >= 4 is 49.7 Å². The van der Waals surface area contributed by atoms with E-state index in [2.05, 4.69) is 26.5 Å². The first-order valence-corrected chi connectivity index (χ1v) is 12.2. The fourth-order valence-corrected chi connectivity index (χ4v) is 4.58. The molecule has 0 radical (unpaired) electrons. The number of amides is 1. The van der Waals surface area contributed by atoms with Crippen LogP contribution in [0.1, 0.15) is 16.7 Å². The van der Waals surface area contributed by atoms with Crippen LogP contribution in [0.2, 0.25) is 5.02 Å². The zero-order valence-corrected chi connectivity index (χ0v) is 20.4. The molecule has 0 aliphatic carbocycles. The van der Waals surface area contributed by atoms with Gasteiger partial charge in [-0.25, -0.2) is 13.8 Å². The molecule has 6 nitrogen and oxygen atoms in total. The molecule has 0 aliphatic heterocycles. The first-order chi connectivity index (χ1) is 15.2. The number of carbonyl (C=O) groups excluding carboxylic acids is 1. The number of sulfonamides is 1. The molecule has 32 heavy (non-hydrogen) atoms. The van der Waals surface area contributed by atoms with Crippen LogP contribution in [0.5, 0.6) is 0 Å². The molecule has 0 spiro atoms. The Hall–Kier alpha value is -2.52. The summed E-state index contributed by atoms with van der Waals surface area (Å²) < 4.78 is 28.6. The summed E-state index contributed by atoms with van der Waals surface area (Å²) in [5, 5.41) is 4.47. The number of nitrogens with zero attached hydrogens (tertiary/aromatic N) is 2. The van der Waals surface area contributed by atoms with Crippen molar-refractivity contribution in [3.8, 4) is 0 Å². The lowest BCUT2D eigenvalue weighted by molar-refractivity contribution is -0.121. The van der Waals surface area contributed by atoms with Gasteiger partial charge in [0.15, 0.2) is 0 Å². The van der Waals surface area contributed by atoms with E-state index >= 15 is 0 Å². The van der Waals surface area contributed by atoms with Crippen molar-refractivity contribution < 1.29 is 13.2 Å². The number of carbonyl (C=O) groups is 1. The lowest BCUT2D eigenvalue weighted by Crippen LogP contribution is -2.39. The van der Waals surface area contributed by atoms with Gasteiger partial charge >= 0.3 is 0 Å². The van der Waals surface area contributed by atoms with Gasteiger partial charge in [0, 0.05) is 16.0 Å². The minimum atomic E-state index is -3.92. The molecule has 1 N–H and O–H groups in total. The highest BCUT2D eigenvalue weighted by Gasteiger charge is 2.27. The van der Waals surface area contributed by atoms with Gasteiger partial charge < -0.3 is 0 Å². The van der Waals surface area contributed by atoms with Crippen LogP contribution in [-0.2, 0) is 21.4 Å². The first kappa shape index (κ1) is 24.1. The van der Waals surface area contributed by atoms with E-state index in [1.54, 1.807) is 36.4 Å². The Morgan fingerprint density at radius 1 is 1.03 bits per heavy atom. The van der Waals surface area contributed by atoms with Crippen molar-refractivity contribution in [2.75, 3.05) is 6.54 Å². The van der Waals surface area contributed by atoms with Crippen LogP contribution in [-0.4, -0.2) is 31.4 Å². The molecule has 0 aliphatic rings.